The third-order valence-corrected chi connectivity index (χ3v) is 7.06. The van der Waals surface area contributed by atoms with Crippen LogP contribution in [0.1, 0.15) is 24.6 Å². The van der Waals surface area contributed by atoms with Gasteiger partial charge in [0.2, 0.25) is 5.95 Å². The van der Waals surface area contributed by atoms with Gasteiger partial charge in [0.25, 0.3) is 0 Å². The number of carbonyl (C=O) groups is 1. The first-order valence-electron chi connectivity index (χ1n) is 11.1. The molecule has 2 N–H and O–H groups in total. The van der Waals surface area contributed by atoms with Crippen molar-refractivity contribution < 1.29 is 9.63 Å². The van der Waals surface area contributed by atoms with Crippen LogP contribution in [0.5, 0.6) is 0 Å². The van der Waals surface area contributed by atoms with E-state index in [1.165, 1.54) is 9.72 Å². The summed E-state index contributed by atoms with van der Waals surface area (Å²) >= 11 is 1.67. The summed E-state index contributed by atoms with van der Waals surface area (Å²) in [5.74, 6) is 1.19. The van der Waals surface area contributed by atoms with Crippen LogP contribution < -0.4 is 15.5 Å². The first-order valence-corrected chi connectivity index (χ1v) is 11.9. The van der Waals surface area contributed by atoms with E-state index >= 15 is 0 Å². The number of aldehydes is 1. The van der Waals surface area contributed by atoms with E-state index in [1.54, 1.807) is 11.3 Å². The fourth-order valence-electron chi connectivity index (χ4n) is 4.16. The summed E-state index contributed by atoms with van der Waals surface area (Å²) in [6.07, 6.45) is 2.59. The largest absolute Gasteiger partial charge is 0.375 e. The number of benzene rings is 1. The fraction of sp³-hybridized carbons (Fsp3) is 0.409. The Morgan fingerprint density at radius 1 is 1.21 bits per heavy atom. The van der Waals surface area contributed by atoms with Gasteiger partial charge in [0.05, 0.1) is 5.39 Å². The van der Waals surface area contributed by atoms with E-state index in [-0.39, 0.29) is 6.23 Å². The lowest BCUT2D eigenvalue weighted by Gasteiger charge is -2.39. The summed E-state index contributed by atoms with van der Waals surface area (Å²) in [5, 5.41) is 9.36. The molecule has 172 valence electrons. The van der Waals surface area contributed by atoms with Crippen LogP contribution in [-0.4, -0.2) is 68.7 Å². The number of aryl methyl sites for hydroxylation is 1. The van der Waals surface area contributed by atoms with Gasteiger partial charge in [-0.05, 0) is 29.8 Å². The van der Waals surface area contributed by atoms with E-state index in [9.17, 15) is 4.79 Å². The molecule has 5 rings (SSSR count). The van der Waals surface area contributed by atoms with Gasteiger partial charge in [-0.3, -0.25) is 4.90 Å². The Labute approximate surface area is 194 Å². The van der Waals surface area contributed by atoms with Crippen LogP contribution in [0.25, 0.3) is 21.3 Å². The SMILES string of the molecule is CCc1cc2c(N3CCN(C(CCC=O)On4nnc5ccccc54)CC3)nc(N)nc2s1. The Morgan fingerprint density at radius 2 is 2.03 bits per heavy atom. The molecule has 1 saturated heterocycles. The third kappa shape index (κ3) is 4.33. The molecule has 1 unspecified atom stereocenters. The number of thiophene rings is 1. The number of hydrogen-bond donors (Lipinski definition) is 1. The molecule has 0 amide bonds. The predicted molar refractivity (Wildman–Crippen MR) is 128 cm³/mol. The van der Waals surface area contributed by atoms with Gasteiger partial charge in [-0.2, -0.15) is 4.98 Å². The lowest BCUT2D eigenvalue weighted by Crippen LogP contribution is -2.53. The predicted octanol–water partition coefficient (Wildman–Crippen LogP) is 2.14. The Morgan fingerprint density at radius 3 is 2.82 bits per heavy atom. The van der Waals surface area contributed by atoms with Gasteiger partial charge in [0.15, 0.2) is 6.23 Å². The van der Waals surface area contributed by atoms with Crippen molar-refractivity contribution in [2.24, 2.45) is 0 Å². The molecule has 0 radical (unpaired) electrons. The Balaban J connectivity index is 1.33. The summed E-state index contributed by atoms with van der Waals surface area (Å²) < 4.78 is 0. The summed E-state index contributed by atoms with van der Waals surface area (Å²) in [6, 6.07) is 9.82. The van der Waals surface area contributed by atoms with Gasteiger partial charge in [0.1, 0.15) is 28.0 Å². The second-order valence-corrected chi connectivity index (χ2v) is 9.08. The minimum atomic E-state index is -0.286. The number of para-hydroxylation sites is 1. The molecule has 0 spiro atoms. The molecule has 1 fully saturated rings. The summed E-state index contributed by atoms with van der Waals surface area (Å²) in [5.41, 5.74) is 7.58. The highest BCUT2D eigenvalue weighted by Gasteiger charge is 2.28. The van der Waals surface area contributed by atoms with Gasteiger partial charge in [-0.1, -0.05) is 23.9 Å². The van der Waals surface area contributed by atoms with Crippen molar-refractivity contribution in [3.63, 3.8) is 0 Å². The summed E-state index contributed by atoms with van der Waals surface area (Å²) in [7, 11) is 0. The summed E-state index contributed by atoms with van der Waals surface area (Å²) in [4.78, 5) is 34.4. The van der Waals surface area contributed by atoms with Gasteiger partial charge in [0, 0.05) is 43.9 Å². The van der Waals surface area contributed by atoms with E-state index < -0.39 is 0 Å². The first-order chi connectivity index (χ1) is 16.2. The second-order valence-electron chi connectivity index (χ2n) is 7.97. The van der Waals surface area contributed by atoms with E-state index in [0.29, 0.717) is 18.8 Å². The molecule has 0 aliphatic carbocycles. The molecule has 33 heavy (non-hydrogen) atoms. The third-order valence-electron chi connectivity index (χ3n) is 5.88. The monoisotopic (exact) mass is 466 g/mol. The number of hydrogen-bond acceptors (Lipinski definition) is 10. The van der Waals surface area contributed by atoms with Gasteiger partial charge < -0.3 is 20.3 Å². The van der Waals surface area contributed by atoms with E-state index in [1.807, 2.05) is 24.3 Å². The van der Waals surface area contributed by atoms with Crippen molar-refractivity contribution in [1.29, 1.82) is 0 Å². The number of nitrogens with two attached hydrogens (primary N) is 1. The normalized spacial score (nSPS) is 15.8. The van der Waals surface area contributed by atoms with Crippen LogP contribution in [0.2, 0.25) is 0 Å². The molecule has 4 aromatic rings. The maximum absolute atomic E-state index is 11.1. The van der Waals surface area contributed by atoms with Crippen LogP contribution in [0.4, 0.5) is 11.8 Å². The lowest BCUT2D eigenvalue weighted by atomic mass is 10.2. The van der Waals surface area contributed by atoms with Crippen LogP contribution in [-0.2, 0) is 11.2 Å². The molecule has 1 atom stereocenters. The maximum atomic E-state index is 11.1. The minimum Gasteiger partial charge on any atom is -0.375 e. The highest BCUT2D eigenvalue weighted by molar-refractivity contribution is 7.18. The topological polar surface area (TPSA) is 115 Å². The second kappa shape index (κ2) is 9.28. The highest BCUT2D eigenvalue weighted by Crippen LogP contribution is 2.32. The van der Waals surface area contributed by atoms with Gasteiger partial charge in [-0.25, -0.2) is 4.98 Å². The smallest absolute Gasteiger partial charge is 0.223 e. The molecule has 3 aromatic heterocycles. The molecule has 0 saturated carbocycles. The maximum Gasteiger partial charge on any atom is 0.223 e. The van der Waals surface area contributed by atoms with E-state index in [0.717, 1.165) is 66.0 Å². The van der Waals surface area contributed by atoms with Crippen molar-refractivity contribution in [2.75, 3.05) is 36.8 Å². The van der Waals surface area contributed by atoms with Crippen LogP contribution in [0.15, 0.2) is 30.3 Å². The van der Waals surface area contributed by atoms with Gasteiger partial charge >= 0.3 is 0 Å². The highest BCUT2D eigenvalue weighted by atomic mass is 32.1. The molecule has 4 heterocycles. The van der Waals surface area contributed by atoms with E-state index in [4.69, 9.17) is 10.6 Å². The van der Waals surface area contributed by atoms with Crippen molar-refractivity contribution in [3.05, 3.63) is 35.2 Å². The number of rotatable bonds is 8. The molecule has 10 nitrogen and oxygen atoms in total. The van der Waals surface area contributed by atoms with Crippen molar-refractivity contribution in [1.82, 2.24) is 30.0 Å². The number of nitrogen functional groups attached to an aromatic ring is 1. The molecule has 1 aliphatic heterocycles. The zero-order chi connectivity index (χ0) is 22.8. The number of piperazine rings is 1. The molecule has 11 heteroatoms. The Hall–Kier alpha value is -3.31. The zero-order valence-electron chi connectivity index (χ0n) is 18.4. The molecular weight excluding hydrogens is 440 g/mol. The van der Waals surface area contributed by atoms with Crippen molar-refractivity contribution in [3.8, 4) is 0 Å². The average molecular weight is 467 g/mol. The fourth-order valence-corrected chi connectivity index (χ4v) is 5.13. The van der Waals surface area contributed by atoms with Crippen LogP contribution in [0.3, 0.4) is 0 Å². The summed E-state index contributed by atoms with van der Waals surface area (Å²) in [6.45, 7) is 5.18. The average Bonchev–Trinajstić information content (AvgIpc) is 3.45. The minimum absolute atomic E-state index is 0.286. The molecule has 1 aromatic carbocycles. The van der Waals surface area contributed by atoms with Crippen LogP contribution in [0, 0.1) is 0 Å². The molecule has 0 bridgehead atoms. The molecule has 1 aliphatic rings. The quantitative estimate of drug-likeness (QED) is 0.390. The van der Waals surface area contributed by atoms with Crippen molar-refractivity contribution in [2.45, 2.75) is 32.4 Å². The first kappa shape index (κ1) is 21.5. The number of anilines is 2. The standard InChI is InChI=1S/C22H26N8O2S/c1-2-15-14-16-20(24-22(23)25-21(16)33-15)29-11-9-28(10-12-29)19(8-5-13-31)32-30-18-7-4-3-6-17(18)26-27-30/h3-4,6-7,13-14,19H,2,5,8-12H2,1H3,(H2,23,24,25). The number of fused-ring (bicyclic) bond motifs is 2. The lowest BCUT2D eigenvalue weighted by molar-refractivity contribution is -0.111. The molecular formula is C22H26N8O2S. The Kier molecular flexibility index (Phi) is 6.05. The number of aromatic nitrogens is 5. The van der Waals surface area contributed by atoms with Crippen LogP contribution >= 0.6 is 11.3 Å². The van der Waals surface area contributed by atoms with E-state index in [2.05, 4.69) is 43.1 Å². The van der Waals surface area contributed by atoms with Gasteiger partial charge in [-0.15, -0.1) is 16.4 Å². The number of nitrogens with zero attached hydrogens (tertiary/aromatic N) is 7. The zero-order valence-corrected chi connectivity index (χ0v) is 19.2. The van der Waals surface area contributed by atoms with Crippen molar-refractivity contribution >= 4 is 50.6 Å². The number of carbonyl (C=O) groups excluding carboxylic acids is 1. The Bertz CT molecular complexity index is 1260.